The molecule has 0 bridgehead atoms. The van der Waals surface area contributed by atoms with E-state index in [1.54, 1.807) is 32.3 Å². The van der Waals surface area contributed by atoms with Crippen LogP contribution in [0.4, 0.5) is 5.69 Å². The van der Waals surface area contributed by atoms with Gasteiger partial charge in [-0.1, -0.05) is 12.1 Å². The molecule has 0 saturated carbocycles. The first-order valence-corrected chi connectivity index (χ1v) is 8.21. The maximum Gasteiger partial charge on any atom is 0.330 e. The van der Waals surface area contributed by atoms with Gasteiger partial charge in [0, 0.05) is 43.5 Å². The molecule has 0 atom stereocenters. The number of nitro benzene ring substituents is 1. The predicted octanol–water partition coefficient (Wildman–Crippen LogP) is 2.50. The Balaban J connectivity index is 2.52. The summed E-state index contributed by atoms with van der Waals surface area (Å²) in [6.07, 6.45) is 1.75. The standard InChI is InChI=1S/C18H20N4O4/c1-10(2)21-9-14-15(17(23)20(5)18(24)19(14)4)16(21)12-7-6-11(3)13(8-12)22(25)26/h6-10H,1-5H3. The number of fused-ring (bicyclic) bond motifs is 1. The van der Waals surface area contributed by atoms with Crippen molar-refractivity contribution in [3.63, 3.8) is 0 Å². The van der Waals surface area contributed by atoms with Gasteiger partial charge >= 0.3 is 5.69 Å². The molecule has 0 spiro atoms. The molecule has 0 aliphatic carbocycles. The summed E-state index contributed by atoms with van der Waals surface area (Å²) in [7, 11) is 3.04. The Hall–Kier alpha value is -3.16. The molecule has 8 nitrogen and oxygen atoms in total. The summed E-state index contributed by atoms with van der Waals surface area (Å²) >= 11 is 0. The Morgan fingerprint density at radius 3 is 2.35 bits per heavy atom. The first kappa shape index (κ1) is 17.7. The zero-order valence-corrected chi connectivity index (χ0v) is 15.3. The monoisotopic (exact) mass is 356 g/mol. The first-order chi connectivity index (χ1) is 12.1. The maximum absolute atomic E-state index is 12.8. The summed E-state index contributed by atoms with van der Waals surface area (Å²) in [5.41, 5.74) is 1.37. The highest BCUT2D eigenvalue weighted by Crippen LogP contribution is 2.33. The number of aryl methyl sites for hydroxylation is 2. The minimum absolute atomic E-state index is 0.00225. The van der Waals surface area contributed by atoms with Crippen molar-refractivity contribution in [1.29, 1.82) is 0 Å². The summed E-state index contributed by atoms with van der Waals surface area (Å²) in [6.45, 7) is 5.57. The largest absolute Gasteiger partial charge is 0.342 e. The molecule has 1 aromatic carbocycles. The van der Waals surface area contributed by atoms with E-state index in [1.807, 2.05) is 18.4 Å². The number of benzene rings is 1. The van der Waals surface area contributed by atoms with Crippen LogP contribution in [0.15, 0.2) is 34.0 Å². The van der Waals surface area contributed by atoms with Crippen molar-refractivity contribution < 1.29 is 4.92 Å². The Bertz CT molecular complexity index is 1160. The molecule has 8 heteroatoms. The Morgan fingerprint density at radius 2 is 1.77 bits per heavy atom. The highest BCUT2D eigenvalue weighted by atomic mass is 16.6. The highest BCUT2D eigenvalue weighted by Gasteiger charge is 2.22. The number of hydrogen-bond acceptors (Lipinski definition) is 4. The van der Waals surface area contributed by atoms with E-state index in [-0.39, 0.29) is 11.7 Å². The van der Waals surface area contributed by atoms with Gasteiger partial charge < -0.3 is 4.57 Å². The van der Waals surface area contributed by atoms with Crippen LogP contribution in [0.2, 0.25) is 0 Å². The van der Waals surface area contributed by atoms with Crippen LogP contribution < -0.4 is 11.2 Å². The van der Waals surface area contributed by atoms with Gasteiger partial charge in [0.15, 0.2) is 0 Å². The third-order valence-corrected chi connectivity index (χ3v) is 4.70. The van der Waals surface area contributed by atoms with Crippen molar-refractivity contribution in [2.75, 3.05) is 0 Å². The molecule has 0 radical (unpaired) electrons. The van der Waals surface area contributed by atoms with Crippen molar-refractivity contribution in [2.24, 2.45) is 14.1 Å². The Labute approximate surface area is 149 Å². The predicted molar refractivity (Wildman–Crippen MR) is 99.6 cm³/mol. The van der Waals surface area contributed by atoms with Crippen molar-refractivity contribution in [2.45, 2.75) is 26.8 Å². The zero-order chi connectivity index (χ0) is 19.3. The van der Waals surface area contributed by atoms with E-state index in [2.05, 4.69) is 0 Å². The Kier molecular flexibility index (Phi) is 4.06. The summed E-state index contributed by atoms with van der Waals surface area (Å²) < 4.78 is 4.35. The van der Waals surface area contributed by atoms with Gasteiger partial charge in [-0.05, 0) is 20.8 Å². The fourth-order valence-electron chi connectivity index (χ4n) is 3.21. The molecule has 26 heavy (non-hydrogen) atoms. The maximum atomic E-state index is 12.8. The summed E-state index contributed by atoms with van der Waals surface area (Å²) in [5.74, 6) is 0. The van der Waals surface area contributed by atoms with E-state index in [9.17, 15) is 19.7 Å². The summed E-state index contributed by atoms with van der Waals surface area (Å²) in [4.78, 5) is 36.0. The van der Waals surface area contributed by atoms with E-state index in [1.165, 1.54) is 17.7 Å². The van der Waals surface area contributed by atoms with E-state index in [4.69, 9.17) is 0 Å². The molecule has 3 rings (SSSR count). The number of aromatic nitrogens is 3. The lowest BCUT2D eigenvalue weighted by atomic mass is 10.1. The molecule has 0 aliphatic heterocycles. The Morgan fingerprint density at radius 1 is 1.12 bits per heavy atom. The quantitative estimate of drug-likeness (QED) is 0.532. The van der Waals surface area contributed by atoms with E-state index < -0.39 is 16.2 Å². The van der Waals surface area contributed by atoms with Crippen molar-refractivity contribution in [3.8, 4) is 11.3 Å². The van der Waals surface area contributed by atoms with Crippen LogP contribution >= 0.6 is 0 Å². The molecular formula is C18H20N4O4. The molecule has 136 valence electrons. The van der Waals surface area contributed by atoms with Crippen LogP contribution in [0.1, 0.15) is 25.5 Å². The van der Waals surface area contributed by atoms with E-state index in [0.29, 0.717) is 27.7 Å². The number of hydrogen-bond donors (Lipinski definition) is 0. The van der Waals surface area contributed by atoms with Crippen molar-refractivity contribution in [3.05, 3.63) is 60.9 Å². The number of nitro groups is 1. The molecule has 2 heterocycles. The average Bonchev–Trinajstić information content (AvgIpc) is 2.99. The van der Waals surface area contributed by atoms with Crippen molar-refractivity contribution >= 4 is 16.6 Å². The summed E-state index contributed by atoms with van der Waals surface area (Å²) in [6, 6.07) is 4.91. The molecule has 3 aromatic rings. The van der Waals surface area contributed by atoms with E-state index in [0.717, 1.165) is 4.57 Å². The van der Waals surface area contributed by atoms with Gasteiger partial charge in [0.2, 0.25) is 0 Å². The normalized spacial score (nSPS) is 11.5. The van der Waals surface area contributed by atoms with Crippen molar-refractivity contribution in [1.82, 2.24) is 13.7 Å². The van der Waals surface area contributed by atoms with Gasteiger partial charge in [0.25, 0.3) is 11.2 Å². The topological polar surface area (TPSA) is 92.1 Å². The summed E-state index contributed by atoms with van der Waals surface area (Å²) in [5, 5.41) is 11.7. The van der Waals surface area contributed by atoms with Crippen LogP contribution in [0.5, 0.6) is 0 Å². The lowest BCUT2D eigenvalue weighted by Gasteiger charge is -2.13. The lowest BCUT2D eigenvalue weighted by Crippen LogP contribution is -2.36. The van der Waals surface area contributed by atoms with Crippen LogP contribution in [0.3, 0.4) is 0 Å². The molecule has 0 saturated heterocycles. The van der Waals surface area contributed by atoms with Gasteiger partial charge in [-0.15, -0.1) is 0 Å². The third kappa shape index (κ3) is 2.45. The molecule has 0 fully saturated rings. The number of rotatable bonds is 3. The molecule has 0 aliphatic rings. The number of nitrogens with zero attached hydrogens (tertiary/aromatic N) is 4. The minimum Gasteiger partial charge on any atom is -0.342 e. The lowest BCUT2D eigenvalue weighted by molar-refractivity contribution is -0.385. The molecular weight excluding hydrogens is 336 g/mol. The van der Waals surface area contributed by atoms with Gasteiger partial charge in [0.1, 0.15) is 0 Å². The van der Waals surface area contributed by atoms with E-state index >= 15 is 0 Å². The highest BCUT2D eigenvalue weighted by molar-refractivity contribution is 5.94. The van der Waals surface area contributed by atoms with Crippen LogP contribution in [0, 0.1) is 17.0 Å². The second-order valence-corrected chi connectivity index (χ2v) is 6.70. The van der Waals surface area contributed by atoms with Crippen LogP contribution in [-0.4, -0.2) is 18.6 Å². The minimum atomic E-state index is -0.433. The smallest absolute Gasteiger partial charge is 0.330 e. The molecule has 2 aromatic heterocycles. The fraction of sp³-hybridized carbons (Fsp3) is 0.333. The molecule has 0 N–H and O–H groups in total. The average molecular weight is 356 g/mol. The molecule has 0 unspecified atom stereocenters. The first-order valence-electron chi connectivity index (χ1n) is 8.21. The van der Waals surface area contributed by atoms with Gasteiger partial charge in [0.05, 0.1) is 21.5 Å². The van der Waals surface area contributed by atoms with Crippen LogP contribution in [-0.2, 0) is 14.1 Å². The second-order valence-electron chi connectivity index (χ2n) is 6.70. The van der Waals surface area contributed by atoms with Gasteiger partial charge in [-0.25, -0.2) is 4.79 Å². The third-order valence-electron chi connectivity index (χ3n) is 4.70. The zero-order valence-electron chi connectivity index (χ0n) is 15.3. The SMILES string of the molecule is Cc1ccc(-c2c3c(=O)n(C)c(=O)n(C)c3cn2C(C)C)cc1[N+](=O)[O-]. The van der Waals surface area contributed by atoms with Crippen LogP contribution in [0.25, 0.3) is 22.2 Å². The second kappa shape index (κ2) is 5.98. The molecule has 0 amide bonds. The fourth-order valence-corrected chi connectivity index (χ4v) is 3.21. The van der Waals surface area contributed by atoms with Gasteiger partial charge in [-0.2, -0.15) is 0 Å². The van der Waals surface area contributed by atoms with Gasteiger partial charge in [-0.3, -0.25) is 24.0 Å².